The van der Waals surface area contributed by atoms with E-state index < -0.39 is 0 Å². The maximum atomic E-state index is 12.3. The van der Waals surface area contributed by atoms with E-state index in [2.05, 4.69) is 26.1 Å². The molecule has 1 unspecified atom stereocenters. The number of hydrogen-bond donors (Lipinski definition) is 1. The first kappa shape index (κ1) is 16.0. The molecule has 0 aliphatic carbocycles. The highest BCUT2D eigenvalue weighted by Gasteiger charge is 2.22. The highest BCUT2D eigenvalue weighted by Crippen LogP contribution is 2.25. The fraction of sp³-hybridized carbons (Fsp3) is 0.533. The number of alkyl halides is 1. The lowest BCUT2D eigenvalue weighted by molar-refractivity contribution is 0.0904. The summed E-state index contributed by atoms with van der Waals surface area (Å²) in [6.07, 6.45) is 0. The lowest BCUT2D eigenvalue weighted by Gasteiger charge is -2.23. The van der Waals surface area contributed by atoms with Crippen molar-refractivity contribution in [2.45, 2.75) is 32.2 Å². The zero-order chi connectivity index (χ0) is 14.5. The fourth-order valence-electron chi connectivity index (χ4n) is 1.92. The number of rotatable bonds is 5. The number of halogens is 1. The Morgan fingerprint density at radius 1 is 1.37 bits per heavy atom. The average molecular weight is 284 g/mol. The molecule has 0 heterocycles. The average Bonchev–Trinajstić information content (AvgIpc) is 2.37. The molecule has 1 rings (SSSR count). The summed E-state index contributed by atoms with van der Waals surface area (Å²) in [6, 6.07) is 7.48. The van der Waals surface area contributed by atoms with Crippen LogP contribution in [0, 0.1) is 0 Å². The van der Waals surface area contributed by atoms with Gasteiger partial charge in [0.1, 0.15) is 0 Å². The predicted molar refractivity (Wildman–Crippen MR) is 79.0 cm³/mol. The van der Waals surface area contributed by atoms with Crippen molar-refractivity contribution in [3.63, 3.8) is 0 Å². The van der Waals surface area contributed by atoms with Crippen molar-refractivity contribution in [3.05, 3.63) is 35.4 Å². The summed E-state index contributed by atoms with van der Waals surface area (Å²) >= 11 is 5.81. The van der Waals surface area contributed by atoms with Crippen molar-refractivity contribution in [1.82, 2.24) is 5.32 Å². The minimum absolute atomic E-state index is 0.0777. The van der Waals surface area contributed by atoms with Gasteiger partial charge in [-0.1, -0.05) is 39.0 Å². The Morgan fingerprint density at radius 2 is 2.00 bits per heavy atom. The molecule has 1 aromatic carbocycles. The second-order valence-electron chi connectivity index (χ2n) is 5.58. The topological polar surface area (TPSA) is 38.3 Å². The van der Waals surface area contributed by atoms with Crippen molar-refractivity contribution in [2.75, 3.05) is 19.6 Å². The Morgan fingerprint density at radius 3 is 2.53 bits per heavy atom. The molecule has 0 bridgehead atoms. The van der Waals surface area contributed by atoms with E-state index in [1.165, 1.54) is 0 Å². The first-order valence-corrected chi connectivity index (χ1v) is 6.89. The molecule has 0 saturated carbocycles. The zero-order valence-corrected chi connectivity index (χ0v) is 12.8. The Balaban J connectivity index is 2.94. The molecule has 1 atom stereocenters. The first-order valence-electron chi connectivity index (χ1n) is 6.35. The van der Waals surface area contributed by atoms with Gasteiger partial charge < -0.3 is 10.1 Å². The molecule has 0 spiro atoms. The molecule has 0 fully saturated rings. The molecule has 0 aliphatic rings. The van der Waals surface area contributed by atoms with E-state index in [1.54, 1.807) is 7.11 Å². The van der Waals surface area contributed by atoms with Gasteiger partial charge in [-0.3, -0.25) is 4.79 Å². The van der Waals surface area contributed by atoms with Crippen LogP contribution in [0.4, 0.5) is 0 Å². The van der Waals surface area contributed by atoms with Crippen LogP contribution in [0.1, 0.15) is 36.7 Å². The van der Waals surface area contributed by atoms with Gasteiger partial charge in [0, 0.05) is 18.6 Å². The van der Waals surface area contributed by atoms with E-state index in [1.807, 2.05) is 24.3 Å². The molecule has 1 amide bonds. The van der Waals surface area contributed by atoms with Crippen LogP contribution in [0.15, 0.2) is 24.3 Å². The minimum atomic E-state index is -0.174. The lowest BCUT2D eigenvalue weighted by atomic mass is 9.83. The summed E-state index contributed by atoms with van der Waals surface area (Å²) in [6.45, 7) is 6.68. The van der Waals surface area contributed by atoms with Crippen molar-refractivity contribution in [1.29, 1.82) is 0 Å². The van der Waals surface area contributed by atoms with E-state index in [-0.39, 0.29) is 17.4 Å². The summed E-state index contributed by atoms with van der Waals surface area (Å²) in [5.74, 6) is 0.227. The summed E-state index contributed by atoms with van der Waals surface area (Å²) in [5.41, 5.74) is 1.64. The molecular weight excluding hydrogens is 262 g/mol. The highest BCUT2D eigenvalue weighted by atomic mass is 35.5. The van der Waals surface area contributed by atoms with Crippen LogP contribution < -0.4 is 5.32 Å². The van der Waals surface area contributed by atoms with E-state index >= 15 is 0 Å². The molecular formula is C15H22ClNO2. The lowest BCUT2D eigenvalue weighted by Crippen LogP contribution is -2.40. The smallest absolute Gasteiger partial charge is 0.251 e. The van der Waals surface area contributed by atoms with Crippen molar-refractivity contribution < 1.29 is 9.53 Å². The molecule has 0 saturated heterocycles. The van der Waals surface area contributed by atoms with Gasteiger partial charge >= 0.3 is 0 Å². The van der Waals surface area contributed by atoms with Gasteiger partial charge in [0.05, 0.1) is 12.6 Å². The van der Waals surface area contributed by atoms with Crippen LogP contribution >= 0.6 is 11.6 Å². The summed E-state index contributed by atoms with van der Waals surface area (Å²) in [4.78, 5) is 12.3. The molecule has 0 radical (unpaired) electrons. The van der Waals surface area contributed by atoms with Gasteiger partial charge in [-0.05, 0) is 17.0 Å². The second kappa shape index (κ2) is 6.92. The Kier molecular flexibility index (Phi) is 5.83. The van der Waals surface area contributed by atoms with Crippen molar-refractivity contribution in [3.8, 4) is 0 Å². The quantitative estimate of drug-likeness (QED) is 0.844. The molecule has 1 aromatic rings. The number of benzene rings is 1. The predicted octanol–water partition coefficient (Wildman–Crippen LogP) is 2.97. The third kappa shape index (κ3) is 4.51. The normalized spacial score (nSPS) is 13.1. The van der Waals surface area contributed by atoms with E-state index in [0.29, 0.717) is 18.1 Å². The van der Waals surface area contributed by atoms with Crippen LogP contribution in [-0.4, -0.2) is 31.5 Å². The van der Waals surface area contributed by atoms with E-state index in [4.69, 9.17) is 16.3 Å². The van der Waals surface area contributed by atoms with Gasteiger partial charge in [0.25, 0.3) is 5.91 Å². The second-order valence-corrected chi connectivity index (χ2v) is 5.88. The summed E-state index contributed by atoms with van der Waals surface area (Å²) in [7, 11) is 1.59. The molecule has 0 aliphatic heterocycles. The van der Waals surface area contributed by atoms with E-state index in [0.717, 1.165) is 5.56 Å². The first-order chi connectivity index (χ1) is 8.90. The Labute approximate surface area is 120 Å². The molecule has 106 valence electrons. The van der Waals surface area contributed by atoms with Crippen molar-refractivity contribution in [2.24, 2.45) is 0 Å². The maximum Gasteiger partial charge on any atom is 0.251 e. The number of amides is 1. The number of methoxy groups -OCH3 is 1. The largest absolute Gasteiger partial charge is 0.383 e. The molecule has 1 N–H and O–H groups in total. The third-order valence-electron chi connectivity index (χ3n) is 2.87. The molecule has 3 nitrogen and oxygen atoms in total. The highest BCUT2D eigenvalue weighted by molar-refractivity contribution is 6.18. The fourth-order valence-corrected chi connectivity index (χ4v) is 2.09. The number of ether oxygens (including phenoxy) is 1. The zero-order valence-electron chi connectivity index (χ0n) is 12.0. The van der Waals surface area contributed by atoms with Crippen LogP contribution in [0.3, 0.4) is 0 Å². The van der Waals surface area contributed by atoms with Crippen LogP contribution in [-0.2, 0) is 10.2 Å². The van der Waals surface area contributed by atoms with Crippen LogP contribution in [0.2, 0.25) is 0 Å². The summed E-state index contributed by atoms with van der Waals surface area (Å²) < 4.78 is 5.03. The van der Waals surface area contributed by atoms with Crippen LogP contribution in [0.5, 0.6) is 0 Å². The Bertz CT molecular complexity index is 426. The van der Waals surface area contributed by atoms with Gasteiger partial charge in [-0.2, -0.15) is 0 Å². The molecule has 4 heteroatoms. The SMILES string of the molecule is COCC(CCl)NC(=O)c1ccccc1C(C)(C)C. The van der Waals surface area contributed by atoms with Gasteiger partial charge in [-0.15, -0.1) is 11.6 Å². The number of carbonyl (C=O) groups excluding carboxylic acids is 1. The van der Waals surface area contributed by atoms with Gasteiger partial charge in [0.15, 0.2) is 0 Å². The van der Waals surface area contributed by atoms with Crippen LogP contribution in [0.25, 0.3) is 0 Å². The number of hydrogen-bond acceptors (Lipinski definition) is 2. The number of nitrogens with one attached hydrogen (secondary N) is 1. The Hall–Kier alpha value is -1.06. The summed E-state index contributed by atoms with van der Waals surface area (Å²) in [5, 5.41) is 2.90. The number of carbonyl (C=O) groups is 1. The maximum absolute atomic E-state index is 12.3. The van der Waals surface area contributed by atoms with Crippen molar-refractivity contribution >= 4 is 17.5 Å². The molecule has 19 heavy (non-hydrogen) atoms. The standard InChI is InChI=1S/C15H22ClNO2/c1-15(2,3)13-8-6-5-7-12(13)14(18)17-11(9-16)10-19-4/h5-8,11H,9-10H2,1-4H3,(H,17,18). The van der Waals surface area contributed by atoms with Gasteiger partial charge in [-0.25, -0.2) is 0 Å². The monoisotopic (exact) mass is 283 g/mol. The van der Waals surface area contributed by atoms with E-state index in [9.17, 15) is 4.79 Å². The minimum Gasteiger partial charge on any atom is -0.383 e. The third-order valence-corrected chi connectivity index (χ3v) is 3.24. The van der Waals surface area contributed by atoms with Gasteiger partial charge in [0.2, 0.25) is 0 Å². The molecule has 0 aromatic heterocycles.